The summed E-state index contributed by atoms with van der Waals surface area (Å²) in [6.45, 7) is 11.0. The lowest BCUT2D eigenvalue weighted by Crippen LogP contribution is -2.08. The Balaban J connectivity index is 4.63. The van der Waals surface area contributed by atoms with E-state index in [4.69, 9.17) is 0 Å². The fraction of sp³-hybridized carbons (Fsp3) is 0.643. The molecule has 0 nitrogen and oxygen atoms in total. The Hall–Kier alpha value is -0.740. The van der Waals surface area contributed by atoms with E-state index in [9.17, 15) is 0 Å². The zero-order valence-corrected chi connectivity index (χ0v) is 10.4. The number of unbranched alkanes of at least 4 members (excludes halogenated alkanes) is 1. The van der Waals surface area contributed by atoms with Gasteiger partial charge in [0.05, 0.1) is 0 Å². The zero-order valence-electron chi connectivity index (χ0n) is 10.4. The van der Waals surface area contributed by atoms with Crippen LogP contribution in [0.25, 0.3) is 0 Å². The smallest absolute Gasteiger partial charge is 0.00971 e. The topological polar surface area (TPSA) is 0 Å². The minimum atomic E-state index is 0.257. The number of hydrogen-bond acceptors (Lipinski definition) is 0. The van der Waals surface area contributed by atoms with Crippen molar-refractivity contribution in [2.24, 2.45) is 5.41 Å². The molecule has 0 fully saturated rings. The Kier molecular flexibility index (Phi) is 6.32. The zero-order chi connectivity index (χ0) is 11.0. The van der Waals surface area contributed by atoms with Crippen LogP contribution in [0.1, 0.15) is 53.9 Å². The van der Waals surface area contributed by atoms with E-state index >= 15 is 0 Å². The van der Waals surface area contributed by atoms with E-state index in [1.807, 2.05) is 25.2 Å². The summed E-state index contributed by atoms with van der Waals surface area (Å²) >= 11 is 0. The summed E-state index contributed by atoms with van der Waals surface area (Å²) in [6.07, 6.45) is 9.79. The van der Waals surface area contributed by atoms with Crippen LogP contribution in [0.4, 0.5) is 0 Å². The minimum absolute atomic E-state index is 0.257. The van der Waals surface area contributed by atoms with Gasteiger partial charge in [-0.1, -0.05) is 46.3 Å². The Labute approximate surface area is 89.4 Å². The summed E-state index contributed by atoms with van der Waals surface area (Å²) in [5.74, 6) is 0. The van der Waals surface area contributed by atoms with Crippen LogP contribution < -0.4 is 0 Å². The maximum atomic E-state index is 3.40. The molecule has 0 aromatic heterocycles. The second-order valence-corrected chi connectivity index (χ2v) is 4.67. The largest absolute Gasteiger partial charge is 0.121 e. The third-order valence-electron chi connectivity index (χ3n) is 2.23. The molecule has 0 heterocycles. The van der Waals surface area contributed by atoms with Gasteiger partial charge in [0, 0.05) is 0 Å². The molecule has 0 heteroatoms. The summed E-state index contributed by atoms with van der Waals surface area (Å²) in [5, 5.41) is 0. The van der Waals surface area contributed by atoms with E-state index in [1.54, 1.807) is 0 Å². The highest BCUT2D eigenvalue weighted by Gasteiger charge is 2.15. The Morgan fingerprint density at radius 3 is 2.36 bits per heavy atom. The van der Waals surface area contributed by atoms with Crippen molar-refractivity contribution in [3.05, 3.63) is 29.5 Å². The molecule has 0 saturated carbocycles. The molecular formula is C14H24. The molecule has 0 aliphatic rings. The van der Waals surface area contributed by atoms with Gasteiger partial charge in [-0.3, -0.25) is 0 Å². The first kappa shape index (κ1) is 13.3. The predicted octanol–water partition coefficient (Wildman–Crippen LogP) is 4.88. The molecule has 0 amide bonds. The van der Waals surface area contributed by atoms with Crippen molar-refractivity contribution >= 4 is 0 Å². The van der Waals surface area contributed by atoms with Crippen molar-refractivity contribution in [3.63, 3.8) is 0 Å². The van der Waals surface area contributed by atoms with Crippen molar-refractivity contribution in [1.82, 2.24) is 0 Å². The van der Waals surface area contributed by atoms with Crippen molar-refractivity contribution in [2.75, 3.05) is 0 Å². The van der Waals surface area contributed by atoms with Crippen LogP contribution in [-0.4, -0.2) is 0 Å². The lowest BCUT2D eigenvalue weighted by molar-refractivity contribution is 0.477. The van der Waals surface area contributed by atoms with E-state index in [-0.39, 0.29) is 5.41 Å². The molecule has 0 atom stereocenters. The third kappa shape index (κ3) is 5.83. The fourth-order valence-electron chi connectivity index (χ4n) is 1.26. The average molecular weight is 192 g/mol. The molecule has 0 saturated heterocycles. The van der Waals surface area contributed by atoms with Crippen LogP contribution in [0, 0.1) is 5.41 Å². The van der Waals surface area contributed by atoms with Crippen molar-refractivity contribution in [3.8, 4) is 0 Å². The SMILES string of the molecule is C/C=C\C=C=C(CCCC)C(C)(C)C. The normalized spacial score (nSPS) is 11.5. The molecular weight excluding hydrogens is 168 g/mol. The van der Waals surface area contributed by atoms with Crippen LogP contribution in [0.2, 0.25) is 0 Å². The minimum Gasteiger partial charge on any atom is -0.121 e. The lowest BCUT2D eigenvalue weighted by Gasteiger charge is -2.20. The maximum absolute atomic E-state index is 3.40. The molecule has 0 radical (unpaired) electrons. The first-order valence-corrected chi connectivity index (χ1v) is 5.59. The van der Waals surface area contributed by atoms with E-state index in [2.05, 4.69) is 33.4 Å². The lowest BCUT2D eigenvalue weighted by atomic mass is 9.84. The van der Waals surface area contributed by atoms with E-state index in [1.165, 1.54) is 24.8 Å². The summed E-state index contributed by atoms with van der Waals surface area (Å²) in [7, 11) is 0. The highest BCUT2D eigenvalue weighted by Crippen LogP contribution is 2.28. The van der Waals surface area contributed by atoms with Gasteiger partial charge in [-0.25, -0.2) is 0 Å². The Morgan fingerprint density at radius 1 is 1.29 bits per heavy atom. The maximum Gasteiger partial charge on any atom is -0.00971 e. The van der Waals surface area contributed by atoms with Gasteiger partial charge in [-0.05, 0) is 36.8 Å². The van der Waals surface area contributed by atoms with Crippen LogP contribution >= 0.6 is 0 Å². The molecule has 0 aromatic rings. The first-order chi connectivity index (χ1) is 6.52. The fourth-order valence-corrected chi connectivity index (χ4v) is 1.26. The molecule has 0 bridgehead atoms. The van der Waals surface area contributed by atoms with E-state index in [0.29, 0.717) is 0 Å². The van der Waals surface area contributed by atoms with Gasteiger partial charge in [0.25, 0.3) is 0 Å². The molecule has 0 aromatic carbocycles. The molecule has 0 aliphatic carbocycles. The molecule has 80 valence electrons. The molecule has 0 N–H and O–H groups in total. The standard InChI is InChI=1S/C14H24/c1-6-8-10-12-13(11-9-7-2)14(3,4)5/h6,8,10H,7,9,11H2,1-5H3/b8-6-. The monoisotopic (exact) mass is 192 g/mol. The number of hydrogen-bond donors (Lipinski definition) is 0. The van der Waals surface area contributed by atoms with Crippen LogP contribution in [-0.2, 0) is 0 Å². The molecule has 0 aliphatic heterocycles. The Morgan fingerprint density at radius 2 is 1.93 bits per heavy atom. The molecule has 0 spiro atoms. The first-order valence-electron chi connectivity index (χ1n) is 5.59. The molecule has 0 rings (SSSR count). The van der Waals surface area contributed by atoms with Crippen molar-refractivity contribution < 1.29 is 0 Å². The predicted molar refractivity (Wildman–Crippen MR) is 65.4 cm³/mol. The van der Waals surface area contributed by atoms with Gasteiger partial charge < -0.3 is 0 Å². The summed E-state index contributed by atoms with van der Waals surface area (Å²) in [6, 6.07) is 0. The number of rotatable bonds is 4. The summed E-state index contributed by atoms with van der Waals surface area (Å²) < 4.78 is 0. The molecule has 14 heavy (non-hydrogen) atoms. The van der Waals surface area contributed by atoms with Crippen LogP contribution in [0.5, 0.6) is 0 Å². The second kappa shape index (κ2) is 6.68. The van der Waals surface area contributed by atoms with Gasteiger partial charge in [-0.2, -0.15) is 0 Å². The second-order valence-electron chi connectivity index (χ2n) is 4.67. The quantitative estimate of drug-likeness (QED) is 0.440. The summed E-state index contributed by atoms with van der Waals surface area (Å²) in [5.41, 5.74) is 5.09. The number of allylic oxidation sites excluding steroid dienone is 3. The third-order valence-corrected chi connectivity index (χ3v) is 2.23. The van der Waals surface area contributed by atoms with Gasteiger partial charge >= 0.3 is 0 Å². The van der Waals surface area contributed by atoms with Gasteiger partial charge in [0.1, 0.15) is 0 Å². The van der Waals surface area contributed by atoms with Gasteiger partial charge in [0.2, 0.25) is 0 Å². The Bertz CT molecular complexity index is 229. The van der Waals surface area contributed by atoms with E-state index in [0.717, 1.165) is 0 Å². The molecule has 0 unspecified atom stereocenters. The summed E-state index contributed by atoms with van der Waals surface area (Å²) in [4.78, 5) is 0. The van der Waals surface area contributed by atoms with E-state index < -0.39 is 0 Å². The average Bonchev–Trinajstić information content (AvgIpc) is 2.09. The van der Waals surface area contributed by atoms with Gasteiger partial charge in [-0.15, -0.1) is 5.73 Å². The van der Waals surface area contributed by atoms with Crippen molar-refractivity contribution in [2.45, 2.75) is 53.9 Å². The van der Waals surface area contributed by atoms with Gasteiger partial charge in [0.15, 0.2) is 0 Å². The highest BCUT2D eigenvalue weighted by atomic mass is 14.2. The van der Waals surface area contributed by atoms with Crippen LogP contribution in [0.15, 0.2) is 29.5 Å². The van der Waals surface area contributed by atoms with Crippen molar-refractivity contribution in [1.29, 1.82) is 0 Å². The van der Waals surface area contributed by atoms with Crippen LogP contribution in [0.3, 0.4) is 0 Å². The highest BCUT2D eigenvalue weighted by molar-refractivity contribution is 5.13.